The number of carbonyl (C=O) groups is 3. The SMILES string of the molecule is COC(=O)C1=CC2(c3ccccc3)C3=C(C(c4ccccc4)=NN2C(C(=O)OC)=C1C(=O)OC)[C@H]1C[C@@H]3[C@@H]2[C@H]1[C@H]1C[C@@H]2c2ccccc21. The smallest absolute Gasteiger partial charge is 0.357 e. The van der Waals surface area contributed by atoms with Crippen LogP contribution in [0.2, 0.25) is 0 Å². The van der Waals surface area contributed by atoms with E-state index in [9.17, 15) is 14.4 Å². The van der Waals surface area contributed by atoms with Gasteiger partial charge in [0.05, 0.1) is 32.6 Å². The van der Waals surface area contributed by atoms with Gasteiger partial charge in [-0.15, -0.1) is 0 Å². The van der Waals surface area contributed by atoms with E-state index in [1.165, 1.54) is 38.0 Å². The molecule has 3 aromatic rings. The summed E-state index contributed by atoms with van der Waals surface area (Å²) in [7, 11) is 3.75. The van der Waals surface area contributed by atoms with E-state index in [-0.39, 0.29) is 28.7 Å². The third-order valence-electron chi connectivity index (χ3n) is 11.9. The maximum absolute atomic E-state index is 14.0. The maximum Gasteiger partial charge on any atom is 0.357 e. The quantitative estimate of drug-likeness (QED) is 0.199. The summed E-state index contributed by atoms with van der Waals surface area (Å²) in [6, 6.07) is 28.8. The molecule has 9 rings (SSSR count). The summed E-state index contributed by atoms with van der Waals surface area (Å²) in [5, 5.41) is 7.01. The lowest BCUT2D eigenvalue weighted by Crippen LogP contribution is -2.54. The van der Waals surface area contributed by atoms with Crippen molar-refractivity contribution in [3.05, 3.63) is 141 Å². The highest BCUT2D eigenvalue weighted by atomic mass is 16.5. The molecule has 2 saturated carbocycles. The number of carbonyl (C=O) groups excluding carboxylic acids is 3. The molecule has 3 aromatic carbocycles. The fourth-order valence-electron chi connectivity index (χ4n) is 10.4. The highest BCUT2D eigenvalue weighted by Gasteiger charge is 2.69. The normalized spacial score (nSPS) is 30.2. The number of hydrogen-bond acceptors (Lipinski definition) is 8. The van der Waals surface area contributed by atoms with Crippen molar-refractivity contribution in [2.75, 3.05) is 21.3 Å². The topological polar surface area (TPSA) is 94.5 Å². The van der Waals surface area contributed by atoms with Crippen molar-refractivity contribution >= 4 is 23.6 Å². The molecule has 0 N–H and O–H groups in total. The molecular weight excluding hydrogens is 604 g/mol. The number of benzene rings is 3. The first kappa shape index (κ1) is 28.9. The molecular formula is C40H34N2O6. The Kier molecular flexibility index (Phi) is 6.26. The lowest BCUT2D eigenvalue weighted by Gasteiger charge is -2.52. The fraction of sp³-hybridized carbons (Fsp3) is 0.300. The van der Waals surface area contributed by atoms with Gasteiger partial charge in [0.25, 0.3) is 0 Å². The molecule has 2 heterocycles. The fourth-order valence-corrected chi connectivity index (χ4v) is 10.4. The molecule has 0 spiro atoms. The predicted octanol–water partition coefficient (Wildman–Crippen LogP) is 5.78. The Bertz CT molecular complexity index is 2050. The first-order valence-corrected chi connectivity index (χ1v) is 16.5. The molecule has 6 aliphatic rings. The van der Waals surface area contributed by atoms with Gasteiger partial charge < -0.3 is 14.2 Å². The molecule has 4 aliphatic carbocycles. The Hall–Kier alpha value is -5.24. The van der Waals surface area contributed by atoms with Gasteiger partial charge in [-0.2, -0.15) is 5.10 Å². The molecule has 7 atom stereocenters. The summed E-state index contributed by atoms with van der Waals surface area (Å²) >= 11 is 0. The summed E-state index contributed by atoms with van der Waals surface area (Å²) in [4.78, 5) is 41.3. The Morgan fingerprint density at radius 2 is 1.25 bits per heavy atom. The van der Waals surface area contributed by atoms with Gasteiger partial charge in [0.2, 0.25) is 0 Å². The van der Waals surface area contributed by atoms with Crippen LogP contribution in [-0.2, 0) is 34.1 Å². The van der Waals surface area contributed by atoms with Gasteiger partial charge in [0.15, 0.2) is 5.70 Å². The maximum atomic E-state index is 14.0. The van der Waals surface area contributed by atoms with E-state index in [0.717, 1.165) is 35.3 Å². The van der Waals surface area contributed by atoms with E-state index in [1.807, 2.05) is 60.7 Å². The van der Waals surface area contributed by atoms with Crippen LogP contribution in [0.5, 0.6) is 0 Å². The average Bonchev–Trinajstić information content (AvgIpc) is 3.92. The molecule has 4 bridgehead atoms. The second-order valence-electron chi connectivity index (χ2n) is 13.5. The molecule has 1 unspecified atom stereocenters. The van der Waals surface area contributed by atoms with Gasteiger partial charge in [0, 0.05) is 5.56 Å². The summed E-state index contributed by atoms with van der Waals surface area (Å²) in [6.45, 7) is 0. The third kappa shape index (κ3) is 3.55. The largest absolute Gasteiger partial charge is 0.465 e. The first-order valence-electron chi connectivity index (χ1n) is 16.5. The van der Waals surface area contributed by atoms with Crippen LogP contribution in [0.3, 0.4) is 0 Å². The minimum absolute atomic E-state index is 0.0484. The average molecular weight is 639 g/mol. The van der Waals surface area contributed by atoms with Crippen LogP contribution in [0.1, 0.15) is 46.9 Å². The minimum Gasteiger partial charge on any atom is -0.465 e. The van der Waals surface area contributed by atoms with E-state index >= 15 is 0 Å². The standard InChI is InChI=1S/C40H34N2O6/c1-46-37(43)29-20-40(22-14-8-5-9-15-22)34-28-19-27(30-25-18-26(31(28)30)24-17-11-10-16-23(24)25)32(34)35(21-12-6-4-7-13-21)41-42(40)36(39(45)48-3)33(29)38(44)47-2/h4-17,20,25-28,30-31H,18-19H2,1-3H3/t25-,26+,27-,28+,30-,31+,40?/m0/s1. The molecule has 0 amide bonds. The molecule has 0 aromatic heterocycles. The van der Waals surface area contributed by atoms with Crippen molar-refractivity contribution in [3.63, 3.8) is 0 Å². The number of hydrazone groups is 1. The number of fused-ring (bicyclic) bond motifs is 16. The molecule has 0 radical (unpaired) electrons. The molecule has 2 fully saturated rings. The first-order chi connectivity index (χ1) is 23.4. The van der Waals surface area contributed by atoms with Gasteiger partial charge in [-0.3, -0.25) is 0 Å². The zero-order valence-corrected chi connectivity index (χ0v) is 26.9. The number of nitrogens with zero attached hydrogens (tertiary/aromatic N) is 2. The van der Waals surface area contributed by atoms with Crippen LogP contribution >= 0.6 is 0 Å². The molecule has 8 heteroatoms. The van der Waals surface area contributed by atoms with Crippen molar-refractivity contribution in [1.82, 2.24) is 5.01 Å². The van der Waals surface area contributed by atoms with Crippen LogP contribution in [0.15, 0.2) is 124 Å². The summed E-state index contributed by atoms with van der Waals surface area (Å²) in [6.07, 6.45) is 3.88. The Labute approximate surface area is 278 Å². The van der Waals surface area contributed by atoms with E-state index in [0.29, 0.717) is 23.7 Å². The highest BCUT2D eigenvalue weighted by Crippen LogP contribution is 2.75. The molecule has 240 valence electrons. The summed E-state index contributed by atoms with van der Waals surface area (Å²) < 4.78 is 15.8. The zero-order chi connectivity index (χ0) is 32.9. The number of rotatable bonds is 5. The Morgan fingerprint density at radius 3 is 1.88 bits per heavy atom. The van der Waals surface area contributed by atoms with E-state index in [1.54, 1.807) is 11.1 Å². The molecule has 2 aliphatic heterocycles. The Balaban J connectivity index is 1.38. The van der Waals surface area contributed by atoms with Crippen LogP contribution in [0.25, 0.3) is 0 Å². The van der Waals surface area contributed by atoms with Gasteiger partial charge in [0.1, 0.15) is 11.1 Å². The lowest BCUT2D eigenvalue weighted by molar-refractivity contribution is -0.142. The molecule has 0 saturated heterocycles. The van der Waals surface area contributed by atoms with Crippen LogP contribution < -0.4 is 0 Å². The second-order valence-corrected chi connectivity index (χ2v) is 13.5. The van der Waals surface area contributed by atoms with Gasteiger partial charge >= 0.3 is 17.9 Å². The van der Waals surface area contributed by atoms with Crippen LogP contribution in [0.4, 0.5) is 0 Å². The Morgan fingerprint density at radius 1 is 0.688 bits per heavy atom. The zero-order valence-electron chi connectivity index (χ0n) is 26.9. The van der Waals surface area contributed by atoms with Crippen LogP contribution in [-0.4, -0.2) is 50.0 Å². The van der Waals surface area contributed by atoms with Gasteiger partial charge in [-0.25, -0.2) is 19.4 Å². The number of hydrogen-bond donors (Lipinski definition) is 0. The van der Waals surface area contributed by atoms with E-state index in [4.69, 9.17) is 19.3 Å². The summed E-state index contributed by atoms with van der Waals surface area (Å²) in [5.41, 5.74) is 6.11. The van der Waals surface area contributed by atoms with Crippen LogP contribution in [0, 0.1) is 23.7 Å². The minimum atomic E-state index is -1.22. The molecule has 8 nitrogen and oxygen atoms in total. The van der Waals surface area contributed by atoms with E-state index < -0.39 is 23.4 Å². The number of esters is 3. The molecule has 48 heavy (non-hydrogen) atoms. The highest BCUT2D eigenvalue weighted by molar-refractivity contribution is 6.17. The van der Waals surface area contributed by atoms with E-state index in [2.05, 4.69) is 24.3 Å². The predicted molar refractivity (Wildman–Crippen MR) is 176 cm³/mol. The second kappa shape index (κ2) is 10.4. The summed E-state index contributed by atoms with van der Waals surface area (Å²) in [5.74, 6) is -0.262. The number of allylic oxidation sites excluding steroid dienone is 1. The van der Waals surface area contributed by atoms with Crippen molar-refractivity contribution in [1.29, 1.82) is 0 Å². The lowest BCUT2D eigenvalue weighted by atomic mass is 9.60. The van der Waals surface area contributed by atoms with Crippen molar-refractivity contribution < 1.29 is 28.6 Å². The third-order valence-corrected chi connectivity index (χ3v) is 11.9. The van der Waals surface area contributed by atoms with Crippen molar-refractivity contribution in [3.8, 4) is 0 Å². The van der Waals surface area contributed by atoms with Gasteiger partial charge in [-0.05, 0) is 82.3 Å². The number of ether oxygens (including phenoxy) is 3. The number of methoxy groups -OCH3 is 3. The monoisotopic (exact) mass is 638 g/mol. The van der Waals surface area contributed by atoms with Crippen molar-refractivity contribution in [2.45, 2.75) is 30.2 Å². The van der Waals surface area contributed by atoms with Gasteiger partial charge in [-0.1, -0.05) is 84.9 Å². The van der Waals surface area contributed by atoms with Crippen molar-refractivity contribution in [2.24, 2.45) is 28.8 Å².